The topological polar surface area (TPSA) is 0 Å². The predicted octanol–water partition coefficient (Wildman–Crippen LogP) is -0.337. The van der Waals surface area contributed by atoms with E-state index >= 15 is 0 Å². The first-order valence-electron chi connectivity index (χ1n) is 10.1. The molecule has 0 radical (unpaired) electrons. The molecule has 0 bridgehead atoms. The molecule has 0 aliphatic heterocycles. The molecule has 0 fully saturated rings. The Labute approximate surface area is 226 Å². The molecule has 0 atom stereocenters. The fraction of sp³-hybridized carbons (Fsp3) is 0. The monoisotopic (exact) mass is 540 g/mol. The van der Waals surface area contributed by atoms with Crippen LogP contribution in [0, 0.1) is 0 Å². The summed E-state index contributed by atoms with van der Waals surface area (Å²) < 4.78 is 0. The second kappa shape index (κ2) is 12.6. The molecule has 1 heterocycles. The van der Waals surface area contributed by atoms with E-state index in [0.717, 1.165) is 0 Å². The van der Waals surface area contributed by atoms with E-state index < -0.39 is 5.53 Å². The summed E-state index contributed by atoms with van der Waals surface area (Å²) in [5, 5.41) is 2.93. The van der Waals surface area contributed by atoms with Crippen molar-refractivity contribution in [3.8, 4) is 44.0 Å². The third-order valence-corrected chi connectivity index (χ3v) is 9.34. The van der Waals surface area contributed by atoms with Crippen LogP contribution in [0.3, 0.4) is 0 Å². The summed E-state index contributed by atoms with van der Waals surface area (Å²) in [6.07, 6.45) is 0. The number of rotatable bonds is 4. The van der Waals surface area contributed by atoms with Crippen LogP contribution >= 0.6 is 5.53 Å². The number of halogens is 3. The Balaban J connectivity index is 0.00000128. The van der Waals surface area contributed by atoms with Gasteiger partial charge in [-0.2, -0.15) is 0 Å². The van der Waals surface area contributed by atoms with Crippen molar-refractivity contribution in [1.29, 1.82) is 0 Å². The van der Waals surface area contributed by atoms with Gasteiger partial charge in [-0.3, -0.25) is 0 Å². The summed E-state index contributed by atoms with van der Waals surface area (Å²) in [6.45, 7) is 0. The molecular weight excluding hydrogens is 522 g/mol. The standard InChI is InChI=1S/C28H20P.3ClH.Ti/c1-5-13-21(14-6-1)25-26(22-15-7-2-8-16-22)28(24-19-11-4-12-20-24)29-27(25)23-17-9-3-10-18-23;;;;/h1-20H;3*1H;/q-1;;;;+4/p-3. The van der Waals surface area contributed by atoms with E-state index in [1.807, 2.05) is 0 Å². The normalized spacial score (nSPS) is 9.88. The van der Waals surface area contributed by atoms with Gasteiger partial charge in [-0.15, -0.1) is 0 Å². The molecule has 5 aromatic rings. The first-order chi connectivity index (χ1) is 14.8. The zero-order valence-corrected chi connectivity index (χ0v) is 22.4. The van der Waals surface area contributed by atoms with Crippen LogP contribution < -0.4 is 37.2 Å². The molecule has 1 aromatic heterocycles. The first kappa shape index (κ1) is 27.5. The van der Waals surface area contributed by atoms with E-state index in [1.54, 1.807) is 0 Å². The average molecular weight is 542 g/mol. The van der Waals surface area contributed by atoms with E-state index in [4.69, 9.17) is 0 Å². The Morgan fingerprint density at radius 1 is 0.364 bits per heavy atom. The molecule has 33 heavy (non-hydrogen) atoms. The maximum absolute atomic E-state index is 2.42. The van der Waals surface area contributed by atoms with E-state index in [1.165, 1.54) is 44.0 Å². The molecule has 0 unspecified atom stereocenters. The van der Waals surface area contributed by atoms with Gasteiger partial charge in [-0.05, 0) is 0 Å². The van der Waals surface area contributed by atoms with Gasteiger partial charge in [-0.25, -0.2) is 0 Å². The van der Waals surface area contributed by atoms with Crippen molar-refractivity contribution in [1.82, 2.24) is 0 Å². The van der Waals surface area contributed by atoms with Crippen LogP contribution in [-0.4, -0.2) is 0 Å². The van der Waals surface area contributed by atoms with Crippen molar-refractivity contribution < 1.29 is 57.1 Å². The Kier molecular flexibility index (Phi) is 10.5. The van der Waals surface area contributed by atoms with E-state index in [9.17, 15) is 0 Å². The van der Waals surface area contributed by atoms with Gasteiger partial charge in [0, 0.05) is 0 Å². The van der Waals surface area contributed by atoms with Gasteiger partial charge in [0.05, 0.1) is 0 Å². The number of hydrogen-bond acceptors (Lipinski definition) is 0. The Hall–Kier alpha value is -1.76. The molecule has 0 nitrogen and oxygen atoms in total. The summed E-state index contributed by atoms with van der Waals surface area (Å²) >= 11 is 2.42. The average Bonchev–Trinajstić information content (AvgIpc) is 3.14. The molecule has 0 aliphatic rings. The molecule has 0 spiro atoms. The van der Waals surface area contributed by atoms with Crippen LogP contribution in [-0.2, 0) is 19.9 Å². The number of benzene rings is 4. The molecule has 5 rings (SSSR count). The van der Waals surface area contributed by atoms with Gasteiger partial charge in [-0.1, -0.05) is 0 Å². The van der Waals surface area contributed by atoms with Crippen molar-refractivity contribution in [3.63, 3.8) is 0 Å². The van der Waals surface area contributed by atoms with Crippen LogP contribution in [0.1, 0.15) is 0 Å². The quantitative estimate of drug-likeness (QED) is 0.274. The minimum atomic E-state index is -0.511. The second-order valence-electron chi connectivity index (χ2n) is 7.25. The molecule has 0 N–H and O–H groups in total. The van der Waals surface area contributed by atoms with Gasteiger partial charge in [0.25, 0.3) is 0 Å². The van der Waals surface area contributed by atoms with Crippen LogP contribution in [0.5, 0.6) is 0 Å². The van der Waals surface area contributed by atoms with Crippen molar-refractivity contribution in [2.75, 3.05) is 0 Å². The summed E-state index contributed by atoms with van der Waals surface area (Å²) in [7, 11) is 0. The van der Waals surface area contributed by atoms with Crippen molar-refractivity contribution >= 4 is 5.53 Å². The molecular formula is C28H20Cl3PTi. The minimum absolute atomic E-state index is 0. The van der Waals surface area contributed by atoms with Gasteiger partial charge < -0.3 is 37.2 Å². The van der Waals surface area contributed by atoms with Crippen molar-refractivity contribution in [2.45, 2.75) is 0 Å². The van der Waals surface area contributed by atoms with Gasteiger partial charge in [0.1, 0.15) is 0 Å². The van der Waals surface area contributed by atoms with E-state index in [0.29, 0.717) is 0 Å². The predicted molar refractivity (Wildman–Crippen MR) is 126 cm³/mol. The van der Waals surface area contributed by atoms with Crippen molar-refractivity contribution in [2.24, 2.45) is 0 Å². The van der Waals surface area contributed by atoms with Crippen molar-refractivity contribution in [3.05, 3.63) is 121 Å². The zero-order chi connectivity index (χ0) is 20.3. The van der Waals surface area contributed by atoms with Crippen LogP contribution in [0.4, 0.5) is 0 Å². The van der Waals surface area contributed by atoms with Gasteiger partial charge in [0.2, 0.25) is 0 Å². The van der Waals surface area contributed by atoms with Gasteiger partial charge in [0.15, 0.2) is 0 Å². The first-order valence-corrected chi connectivity index (χ1v) is 13.5. The molecule has 0 amide bonds. The Morgan fingerprint density at radius 2 is 0.606 bits per heavy atom. The van der Waals surface area contributed by atoms with E-state index in [2.05, 4.69) is 141 Å². The van der Waals surface area contributed by atoms with Crippen LogP contribution in [0.15, 0.2) is 121 Å². The molecule has 0 saturated carbocycles. The Bertz CT molecular complexity index is 1170. The van der Waals surface area contributed by atoms with Crippen LogP contribution in [0.2, 0.25) is 0 Å². The third kappa shape index (κ3) is 5.50. The van der Waals surface area contributed by atoms with E-state index in [-0.39, 0.29) is 37.2 Å². The SMILES string of the molecule is [Cl-].[Cl-].[Cl-].[Ti+3][p]1c(-c2ccccc2)c(-c2ccccc2)c(-c2ccccc2)c1-c1ccccc1. The summed E-state index contributed by atoms with van der Waals surface area (Å²) in [5.41, 5.74) is 7.46. The fourth-order valence-corrected chi connectivity index (χ4v) is 8.31. The van der Waals surface area contributed by atoms with Gasteiger partial charge >= 0.3 is 191 Å². The molecule has 162 valence electrons. The summed E-state index contributed by atoms with van der Waals surface area (Å²) in [4.78, 5) is 0. The molecule has 5 heteroatoms. The summed E-state index contributed by atoms with van der Waals surface area (Å²) in [6, 6.07) is 43.6. The second-order valence-corrected chi connectivity index (χ2v) is 10.9. The third-order valence-electron chi connectivity index (χ3n) is 5.39. The molecule has 0 aliphatic carbocycles. The number of hydrogen-bond donors (Lipinski definition) is 0. The van der Waals surface area contributed by atoms with Crippen LogP contribution in [0.25, 0.3) is 44.0 Å². The maximum atomic E-state index is 2.42. The molecule has 0 saturated heterocycles. The molecule has 4 aromatic carbocycles. The summed E-state index contributed by atoms with van der Waals surface area (Å²) in [5.74, 6) is 0. The Morgan fingerprint density at radius 3 is 0.879 bits per heavy atom. The fourth-order valence-electron chi connectivity index (χ4n) is 4.08. The zero-order valence-electron chi connectivity index (χ0n) is 17.6.